The van der Waals surface area contributed by atoms with Gasteiger partial charge in [0.2, 0.25) is 0 Å². The molecule has 144 valence electrons. The third-order valence-corrected chi connectivity index (χ3v) is 6.39. The van der Waals surface area contributed by atoms with Crippen LogP contribution in [0.3, 0.4) is 0 Å². The molecule has 27 heavy (non-hydrogen) atoms. The average Bonchev–Trinajstić information content (AvgIpc) is 2.69. The number of piperidine rings is 3. The maximum Gasteiger partial charge on any atom is 0.0417 e. The zero-order valence-corrected chi connectivity index (χ0v) is 17.5. The summed E-state index contributed by atoms with van der Waals surface area (Å²) >= 11 is 7.81. The smallest absolute Gasteiger partial charge is 0.0417 e. The number of allylic oxidation sites excluding steroid dienone is 1. The predicted molar refractivity (Wildman–Crippen MR) is 119 cm³/mol. The summed E-state index contributed by atoms with van der Waals surface area (Å²) in [7, 11) is 0. The summed E-state index contributed by atoms with van der Waals surface area (Å²) in [4.78, 5) is 3.70. The maximum atomic E-state index is 6.12. The summed E-state index contributed by atoms with van der Waals surface area (Å²) in [5.74, 6) is 0.753. The van der Waals surface area contributed by atoms with Crippen LogP contribution in [0, 0.1) is 5.92 Å². The number of halogens is 1. The van der Waals surface area contributed by atoms with Gasteiger partial charge in [-0.3, -0.25) is 0 Å². The summed E-state index contributed by atoms with van der Waals surface area (Å²) in [6.07, 6.45) is 12.4. The number of hydrogen-bond acceptors (Lipinski definition) is 4. The molecule has 0 aromatic heterocycles. The molecule has 3 aliphatic rings. The van der Waals surface area contributed by atoms with Crippen LogP contribution in [0.15, 0.2) is 66.0 Å². The van der Waals surface area contributed by atoms with Crippen LogP contribution in [0.4, 0.5) is 0 Å². The Hall–Kier alpha value is -1.62. The second-order valence-corrected chi connectivity index (χ2v) is 8.34. The molecule has 2 bridgehead atoms. The van der Waals surface area contributed by atoms with E-state index in [1.54, 1.807) is 18.0 Å². The molecule has 2 N–H and O–H groups in total. The molecule has 4 rings (SSSR count). The van der Waals surface area contributed by atoms with Crippen molar-refractivity contribution in [2.45, 2.75) is 23.8 Å². The highest BCUT2D eigenvalue weighted by Crippen LogP contribution is 2.29. The molecule has 0 radical (unpaired) electrons. The van der Waals surface area contributed by atoms with Crippen LogP contribution in [0.25, 0.3) is 6.08 Å². The van der Waals surface area contributed by atoms with E-state index in [9.17, 15) is 0 Å². The molecule has 0 spiro atoms. The Balaban J connectivity index is 1.73. The molecule has 3 heterocycles. The van der Waals surface area contributed by atoms with Crippen molar-refractivity contribution in [1.82, 2.24) is 15.5 Å². The molecule has 3 nitrogen and oxygen atoms in total. The van der Waals surface area contributed by atoms with Gasteiger partial charge in [0.25, 0.3) is 0 Å². The van der Waals surface area contributed by atoms with Crippen molar-refractivity contribution in [1.29, 1.82) is 0 Å². The molecule has 3 saturated heterocycles. The van der Waals surface area contributed by atoms with Crippen LogP contribution in [0.5, 0.6) is 0 Å². The first-order chi connectivity index (χ1) is 13.1. The van der Waals surface area contributed by atoms with Gasteiger partial charge in [0.05, 0.1) is 0 Å². The minimum absolute atomic E-state index is 0.484. The first kappa shape index (κ1) is 20.1. The second-order valence-electron chi connectivity index (χ2n) is 7.06. The molecule has 0 amide bonds. The van der Waals surface area contributed by atoms with Crippen LogP contribution >= 0.6 is 23.4 Å². The lowest BCUT2D eigenvalue weighted by Crippen LogP contribution is -2.55. The molecule has 0 aliphatic carbocycles. The lowest BCUT2D eigenvalue weighted by molar-refractivity contribution is 0.0777. The lowest BCUT2D eigenvalue weighted by atomic mass is 9.84. The van der Waals surface area contributed by atoms with E-state index < -0.39 is 0 Å². The van der Waals surface area contributed by atoms with Crippen molar-refractivity contribution in [2.75, 3.05) is 25.9 Å². The van der Waals surface area contributed by atoms with Gasteiger partial charge in [0, 0.05) is 40.0 Å². The van der Waals surface area contributed by atoms with Gasteiger partial charge >= 0.3 is 0 Å². The molecule has 0 saturated carbocycles. The lowest BCUT2D eigenvalue weighted by Gasteiger charge is -2.45. The Morgan fingerprint density at radius 2 is 2.11 bits per heavy atom. The maximum absolute atomic E-state index is 6.12. The fourth-order valence-electron chi connectivity index (χ4n) is 3.82. The molecule has 1 aromatic carbocycles. The summed E-state index contributed by atoms with van der Waals surface area (Å²) < 4.78 is 0. The molecule has 5 heteroatoms. The van der Waals surface area contributed by atoms with E-state index >= 15 is 0 Å². The highest BCUT2D eigenvalue weighted by atomic mass is 35.5. The van der Waals surface area contributed by atoms with Gasteiger partial charge in [0.1, 0.15) is 0 Å². The number of fused-ring (bicyclic) bond motifs is 3. The van der Waals surface area contributed by atoms with Crippen LogP contribution in [-0.2, 0) is 0 Å². The largest absolute Gasteiger partial charge is 0.381 e. The Morgan fingerprint density at radius 3 is 2.74 bits per heavy atom. The van der Waals surface area contributed by atoms with Crippen molar-refractivity contribution in [2.24, 2.45) is 5.92 Å². The zero-order chi connectivity index (χ0) is 19.2. The van der Waals surface area contributed by atoms with Crippen LogP contribution < -0.4 is 10.6 Å². The molecule has 3 fully saturated rings. The highest BCUT2D eigenvalue weighted by molar-refractivity contribution is 7.98. The molecule has 1 aromatic rings. The van der Waals surface area contributed by atoms with Crippen molar-refractivity contribution in [3.8, 4) is 0 Å². The number of hydrogen-bond donors (Lipinski definition) is 2. The van der Waals surface area contributed by atoms with Gasteiger partial charge in [-0.2, -0.15) is 0 Å². The Bertz CT molecular complexity index is 748. The number of nitrogens with one attached hydrogen (secondary N) is 2. The zero-order valence-electron chi connectivity index (χ0n) is 15.9. The summed E-state index contributed by atoms with van der Waals surface area (Å²) in [6.45, 7) is 11.6. The van der Waals surface area contributed by atoms with Crippen molar-refractivity contribution in [3.63, 3.8) is 0 Å². The molecular formula is C22H28ClN3S. The SMILES string of the molecule is C=CN/C=C(\C=C/c1ccc(Cl)cc1SC)C(=C)NC1CN2CCC1CC2. The van der Waals surface area contributed by atoms with Gasteiger partial charge in [-0.25, -0.2) is 0 Å². The summed E-state index contributed by atoms with van der Waals surface area (Å²) in [5.41, 5.74) is 3.11. The Morgan fingerprint density at radius 1 is 1.33 bits per heavy atom. The minimum Gasteiger partial charge on any atom is -0.381 e. The second kappa shape index (κ2) is 9.54. The van der Waals surface area contributed by atoms with E-state index in [1.165, 1.54) is 25.9 Å². The fraction of sp³-hybridized carbons (Fsp3) is 0.364. The molecular weight excluding hydrogens is 374 g/mol. The molecule has 1 atom stereocenters. The number of nitrogens with zero attached hydrogens (tertiary/aromatic N) is 1. The topological polar surface area (TPSA) is 27.3 Å². The standard InChI is InChI=1S/C22H28ClN3S/c1-4-24-14-19(6-5-18-7-8-20(23)13-22(18)27-3)16(2)25-21-15-26-11-9-17(21)10-12-26/h4-8,13-14,17,21,24-25H,1-2,9-12,15H2,3H3/b6-5-,19-14+. The third kappa shape index (κ3) is 5.22. The van der Waals surface area contributed by atoms with Crippen LogP contribution in [0.2, 0.25) is 5.02 Å². The molecule has 1 unspecified atom stereocenters. The van der Waals surface area contributed by atoms with Crippen molar-refractivity contribution < 1.29 is 0 Å². The minimum atomic E-state index is 0.484. The highest BCUT2D eigenvalue weighted by Gasteiger charge is 2.34. The normalized spacial score (nSPS) is 24.8. The number of benzene rings is 1. The summed E-state index contributed by atoms with van der Waals surface area (Å²) in [5, 5.41) is 7.52. The van der Waals surface area contributed by atoms with E-state index in [2.05, 4.69) is 47.1 Å². The van der Waals surface area contributed by atoms with Crippen molar-refractivity contribution in [3.05, 3.63) is 71.7 Å². The van der Waals surface area contributed by atoms with E-state index in [1.807, 2.05) is 24.4 Å². The fourth-order valence-corrected chi connectivity index (χ4v) is 4.68. The van der Waals surface area contributed by atoms with E-state index in [0.29, 0.717) is 6.04 Å². The average molecular weight is 402 g/mol. The monoisotopic (exact) mass is 401 g/mol. The summed E-state index contributed by atoms with van der Waals surface area (Å²) in [6, 6.07) is 6.45. The Kier molecular flexibility index (Phi) is 7.11. The molecule has 3 aliphatic heterocycles. The number of rotatable bonds is 8. The van der Waals surface area contributed by atoms with E-state index in [4.69, 9.17) is 11.6 Å². The van der Waals surface area contributed by atoms with Crippen LogP contribution in [0.1, 0.15) is 18.4 Å². The van der Waals surface area contributed by atoms with Gasteiger partial charge in [-0.15, -0.1) is 11.8 Å². The van der Waals surface area contributed by atoms with Gasteiger partial charge in [-0.1, -0.05) is 43.0 Å². The van der Waals surface area contributed by atoms with Gasteiger partial charge in [0.15, 0.2) is 0 Å². The van der Waals surface area contributed by atoms with Crippen molar-refractivity contribution >= 4 is 29.4 Å². The van der Waals surface area contributed by atoms with Gasteiger partial charge < -0.3 is 15.5 Å². The van der Waals surface area contributed by atoms with E-state index in [0.717, 1.165) is 39.2 Å². The number of thioether (sulfide) groups is 1. The van der Waals surface area contributed by atoms with Crippen LogP contribution in [-0.4, -0.2) is 36.8 Å². The van der Waals surface area contributed by atoms with E-state index in [-0.39, 0.29) is 0 Å². The quantitative estimate of drug-likeness (QED) is 0.479. The predicted octanol–water partition coefficient (Wildman–Crippen LogP) is 4.89. The third-order valence-electron chi connectivity index (χ3n) is 5.36. The first-order valence-electron chi connectivity index (χ1n) is 9.37. The Labute approximate surface area is 172 Å². The first-order valence-corrected chi connectivity index (χ1v) is 11.0. The van der Waals surface area contributed by atoms with Gasteiger partial charge in [-0.05, 0) is 62.0 Å².